The zero-order valence-electron chi connectivity index (χ0n) is 15.0. The summed E-state index contributed by atoms with van der Waals surface area (Å²) in [6.45, 7) is 8.19. The first-order valence-electron chi connectivity index (χ1n) is 8.22. The van der Waals surface area contributed by atoms with E-state index in [0.29, 0.717) is 12.8 Å². The molecule has 0 unspecified atom stereocenters. The molecule has 2 rings (SSSR count). The summed E-state index contributed by atoms with van der Waals surface area (Å²) in [5.41, 5.74) is 15.7. The van der Waals surface area contributed by atoms with Crippen LogP contribution in [0.15, 0.2) is 48.5 Å². The molecule has 0 aliphatic rings. The van der Waals surface area contributed by atoms with Crippen molar-refractivity contribution >= 4 is 22.2 Å². The van der Waals surface area contributed by atoms with Crippen LogP contribution in [0.5, 0.6) is 0 Å². The van der Waals surface area contributed by atoms with Gasteiger partial charge in [0.15, 0.2) is 0 Å². The van der Waals surface area contributed by atoms with Crippen molar-refractivity contribution in [3.63, 3.8) is 0 Å². The van der Waals surface area contributed by atoms with E-state index in [2.05, 4.69) is 0 Å². The van der Waals surface area contributed by atoms with Gasteiger partial charge in [-0.25, -0.2) is 0 Å². The van der Waals surface area contributed by atoms with Crippen LogP contribution in [-0.4, -0.2) is 13.7 Å². The van der Waals surface area contributed by atoms with E-state index in [1.807, 2.05) is 76.2 Å². The van der Waals surface area contributed by atoms with Crippen LogP contribution in [0.25, 0.3) is 0 Å². The molecule has 0 fully saturated rings. The third-order valence-corrected chi connectivity index (χ3v) is 6.64. The standard InChI is InChI=1S/C20H28N2OS/c1-19(2,13-15-9-5-7-11-17(15)21)24(23)20(3,4)14-16-10-6-8-12-18(16)22/h5-12H,13-14,21-22H2,1-4H3. The van der Waals surface area contributed by atoms with Gasteiger partial charge in [0, 0.05) is 31.7 Å². The van der Waals surface area contributed by atoms with Crippen LogP contribution >= 0.6 is 0 Å². The van der Waals surface area contributed by atoms with Gasteiger partial charge in [0.2, 0.25) is 0 Å². The highest BCUT2D eigenvalue weighted by Gasteiger charge is 2.38. The second kappa shape index (κ2) is 6.98. The van der Waals surface area contributed by atoms with Crippen LogP contribution in [0.2, 0.25) is 0 Å². The maximum atomic E-state index is 13.3. The molecule has 0 aromatic heterocycles. The van der Waals surface area contributed by atoms with E-state index in [1.165, 1.54) is 0 Å². The molecule has 0 aliphatic heterocycles. The molecule has 0 saturated carbocycles. The molecule has 2 aromatic carbocycles. The Kier molecular flexibility index (Phi) is 5.38. The van der Waals surface area contributed by atoms with Crippen molar-refractivity contribution in [2.75, 3.05) is 11.5 Å². The first-order valence-corrected chi connectivity index (χ1v) is 9.37. The zero-order valence-corrected chi connectivity index (χ0v) is 15.8. The first kappa shape index (κ1) is 18.5. The second-order valence-electron chi connectivity index (χ2n) is 7.54. The molecule has 0 bridgehead atoms. The van der Waals surface area contributed by atoms with Crippen molar-refractivity contribution in [3.8, 4) is 0 Å². The van der Waals surface area contributed by atoms with Gasteiger partial charge in [0.1, 0.15) is 0 Å². The normalized spacial score (nSPS) is 12.5. The largest absolute Gasteiger partial charge is 0.399 e. The Morgan fingerprint density at radius 3 is 1.42 bits per heavy atom. The molecule has 4 heteroatoms. The quantitative estimate of drug-likeness (QED) is 0.780. The number of hydrogen-bond acceptors (Lipinski definition) is 3. The predicted molar refractivity (Wildman–Crippen MR) is 105 cm³/mol. The first-order chi connectivity index (χ1) is 11.1. The average Bonchev–Trinajstić information content (AvgIpc) is 2.51. The number of anilines is 2. The summed E-state index contributed by atoms with van der Waals surface area (Å²) in [5.74, 6) is 0. The number of benzene rings is 2. The van der Waals surface area contributed by atoms with E-state index in [1.54, 1.807) is 0 Å². The Morgan fingerprint density at radius 2 is 1.08 bits per heavy atom. The van der Waals surface area contributed by atoms with Gasteiger partial charge in [-0.3, -0.25) is 4.21 Å². The number of nitrogen functional groups attached to an aromatic ring is 2. The number of nitrogens with two attached hydrogens (primary N) is 2. The molecule has 2 aromatic rings. The minimum Gasteiger partial charge on any atom is -0.399 e. The highest BCUT2D eigenvalue weighted by Crippen LogP contribution is 2.33. The van der Waals surface area contributed by atoms with E-state index < -0.39 is 10.8 Å². The van der Waals surface area contributed by atoms with Crippen molar-refractivity contribution in [2.45, 2.75) is 50.0 Å². The van der Waals surface area contributed by atoms with E-state index >= 15 is 0 Å². The van der Waals surface area contributed by atoms with Crippen molar-refractivity contribution in [1.29, 1.82) is 0 Å². The van der Waals surface area contributed by atoms with Gasteiger partial charge in [0.05, 0.1) is 0 Å². The Balaban J connectivity index is 2.21. The Morgan fingerprint density at radius 1 is 0.750 bits per heavy atom. The maximum absolute atomic E-state index is 13.3. The van der Waals surface area contributed by atoms with Crippen molar-refractivity contribution < 1.29 is 4.21 Å². The molecule has 0 aliphatic carbocycles. The van der Waals surface area contributed by atoms with Gasteiger partial charge < -0.3 is 11.5 Å². The number of rotatable bonds is 6. The third kappa shape index (κ3) is 4.18. The fourth-order valence-electron chi connectivity index (χ4n) is 3.19. The summed E-state index contributed by atoms with van der Waals surface area (Å²) in [6.07, 6.45) is 1.36. The fourth-order valence-corrected chi connectivity index (χ4v) is 5.26. The maximum Gasteiger partial charge on any atom is 0.0449 e. The van der Waals surface area contributed by atoms with Gasteiger partial charge in [-0.2, -0.15) is 0 Å². The van der Waals surface area contributed by atoms with E-state index in [4.69, 9.17) is 11.5 Å². The lowest BCUT2D eigenvalue weighted by molar-refractivity contribution is 0.572. The van der Waals surface area contributed by atoms with Crippen molar-refractivity contribution in [1.82, 2.24) is 0 Å². The lowest BCUT2D eigenvalue weighted by Crippen LogP contribution is -2.43. The molecule has 3 nitrogen and oxygen atoms in total. The van der Waals surface area contributed by atoms with Crippen molar-refractivity contribution in [2.24, 2.45) is 0 Å². The van der Waals surface area contributed by atoms with Crippen LogP contribution < -0.4 is 11.5 Å². The summed E-state index contributed by atoms with van der Waals surface area (Å²) in [4.78, 5) is 0. The lowest BCUT2D eigenvalue weighted by Gasteiger charge is -2.35. The monoisotopic (exact) mass is 344 g/mol. The lowest BCUT2D eigenvalue weighted by atomic mass is 10.00. The Bertz CT molecular complexity index is 676. The SMILES string of the molecule is CC(C)(Cc1ccccc1N)S(=O)C(C)(C)Cc1ccccc1N. The second-order valence-corrected chi connectivity index (χ2v) is 10.3. The number of hydrogen-bond donors (Lipinski definition) is 2. The molecular weight excluding hydrogens is 316 g/mol. The molecule has 4 N–H and O–H groups in total. The fraction of sp³-hybridized carbons (Fsp3) is 0.400. The van der Waals surface area contributed by atoms with E-state index in [-0.39, 0.29) is 9.49 Å². The molecule has 0 radical (unpaired) electrons. The highest BCUT2D eigenvalue weighted by atomic mass is 32.2. The van der Waals surface area contributed by atoms with Crippen LogP contribution in [0.3, 0.4) is 0 Å². The minimum absolute atomic E-state index is 0.386. The molecule has 0 saturated heterocycles. The molecule has 130 valence electrons. The van der Waals surface area contributed by atoms with Gasteiger partial charge in [-0.1, -0.05) is 36.4 Å². The Labute approximate surface area is 147 Å². The molecule has 24 heavy (non-hydrogen) atoms. The predicted octanol–water partition coefficient (Wildman–Crippen LogP) is 3.94. The van der Waals surface area contributed by atoms with Gasteiger partial charge in [-0.15, -0.1) is 0 Å². The van der Waals surface area contributed by atoms with Crippen molar-refractivity contribution in [3.05, 3.63) is 59.7 Å². The van der Waals surface area contributed by atoms with Gasteiger partial charge in [0.25, 0.3) is 0 Å². The van der Waals surface area contributed by atoms with E-state index in [9.17, 15) is 4.21 Å². The molecule has 0 atom stereocenters. The summed E-state index contributed by atoms with van der Waals surface area (Å²) in [7, 11) is -1.07. The topological polar surface area (TPSA) is 69.1 Å². The summed E-state index contributed by atoms with van der Waals surface area (Å²) < 4.78 is 12.6. The van der Waals surface area contributed by atoms with Crippen LogP contribution in [0.1, 0.15) is 38.8 Å². The average molecular weight is 345 g/mol. The van der Waals surface area contributed by atoms with Crippen LogP contribution in [0.4, 0.5) is 11.4 Å². The molecule has 0 heterocycles. The highest BCUT2D eigenvalue weighted by molar-refractivity contribution is 7.87. The van der Waals surface area contributed by atoms with Gasteiger partial charge >= 0.3 is 0 Å². The minimum atomic E-state index is -1.07. The zero-order chi connectivity index (χ0) is 18.0. The third-order valence-electron chi connectivity index (χ3n) is 4.35. The van der Waals surface area contributed by atoms with E-state index in [0.717, 1.165) is 22.5 Å². The summed E-state index contributed by atoms with van der Waals surface area (Å²) in [5, 5.41) is 0. The summed E-state index contributed by atoms with van der Waals surface area (Å²) in [6, 6.07) is 15.6. The number of para-hydroxylation sites is 2. The summed E-state index contributed by atoms with van der Waals surface area (Å²) >= 11 is 0. The molecular formula is C20H28N2OS. The van der Waals surface area contributed by atoms with Crippen LogP contribution in [0, 0.1) is 0 Å². The molecule has 0 amide bonds. The van der Waals surface area contributed by atoms with Gasteiger partial charge in [-0.05, 0) is 63.8 Å². The Hall–Kier alpha value is -1.81. The molecule has 0 spiro atoms. The van der Waals surface area contributed by atoms with Crippen LogP contribution in [-0.2, 0) is 23.6 Å². The smallest absolute Gasteiger partial charge is 0.0449 e.